The molecule has 0 saturated carbocycles. The number of rotatable bonds is 9. The van der Waals surface area contributed by atoms with Gasteiger partial charge in [0.15, 0.2) is 5.69 Å². The van der Waals surface area contributed by atoms with Crippen molar-refractivity contribution < 1.29 is 18.3 Å². The van der Waals surface area contributed by atoms with E-state index in [9.17, 15) is 9.18 Å². The van der Waals surface area contributed by atoms with Gasteiger partial charge in [-0.3, -0.25) is 9.69 Å². The first-order chi connectivity index (χ1) is 15.5. The maximum atomic E-state index is 13.3. The van der Waals surface area contributed by atoms with Gasteiger partial charge in [-0.1, -0.05) is 42.0 Å². The molecule has 1 N–H and O–H groups in total. The van der Waals surface area contributed by atoms with Gasteiger partial charge in [0.2, 0.25) is 5.89 Å². The molecule has 2 heterocycles. The molecule has 32 heavy (non-hydrogen) atoms. The van der Waals surface area contributed by atoms with Gasteiger partial charge >= 0.3 is 0 Å². The molecule has 4 rings (SSSR count). The Bertz CT molecular complexity index is 1030. The Balaban J connectivity index is 1.42. The number of nitrogens with one attached hydrogen (secondary N) is 1. The van der Waals surface area contributed by atoms with E-state index < -0.39 is 0 Å². The molecule has 0 bridgehead atoms. The number of aromatic nitrogens is 1. The summed E-state index contributed by atoms with van der Waals surface area (Å²) < 4.78 is 24.5. The van der Waals surface area contributed by atoms with Crippen LogP contribution in [0.2, 0.25) is 0 Å². The second-order valence-electron chi connectivity index (χ2n) is 8.23. The van der Waals surface area contributed by atoms with Crippen LogP contribution in [0.3, 0.4) is 0 Å². The molecule has 0 spiro atoms. The number of carbonyl (C=O) groups excluding carboxylic acids is 1. The zero-order valence-electron chi connectivity index (χ0n) is 18.2. The zero-order valence-corrected chi connectivity index (χ0v) is 18.2. The average molecular weight is 438 g/mol. The maximum Gasteiger partial charge on any atom is 0.273 e. The Hall–Kier alpha value is -3.03. The summed E-state index contributed by atoms with van der Waals surface area (Å²) in [5.74, 6) is -0.0633. The van der Waals surface area contributed by atoms with Gasteiger partial charge in [-0.05, 0) is 43.0 Å². The van der Waals surface area contributed by atoms with E-state index in [2.05, 4.69) is 40.3 Å². The number of amides is 1. The predicted molar refractivity (Wildman–Crippen MR) is 118 cm³/mol. The fourth-order valence-corrected chi connectivity index (χ4v) is 3.87. The van der Waals surface area contributed by atoms with Gasteiger partial charge in [0, 0.05) is 26.2 Å². The van der Waals surface area contributed by atoms with Crippen molar-refractivity contribution in [3.05, 3.63) is 88.9 Å². The topological polar surface area (TPSA) is 67.6 Å². The fourth-order valence-electron chi connectivity index (χ4n) is 3.87. The summed E-state index contributed by atoms with van der Waals surface area (Å²) in [6.45, 7) is 4.97. The summed E-state index contributed by atoms with van der Waals surface area (Å²) in [4.78, 5) is 19.0. The molecule has 1 aromatic heterocycles. The van der Waals surface area contributed by atoms with Crippen LogP contribution >= 0.6 is 0 Å². The van der Waals surface area contributed by atoms with E-state index in [0.29, 0.717) is 32.1 Å². The molecule has 1 aliphatic heterocycles. The van der Waals surface area contributed by atoms with Gasteiger partial charge in [-0.15, -0.1) is 0 Å². The fraction of sp³-hybridized carbons (Fsp3) is 0.360. The number of hydrogen-bond acceptors (Lipinski definition) is 5. The van der Waals surface area contributed by atoms with E-state index >= 15 is 0 Å². The van der Waals surface area contributed by atoms with Gasteiger partial charge in [-0.2, -0.15) is 0 Å². The number of halogens is 1. The second-order valence-corrected chi connectivity index (χ2v) is 8.23. The molecule has 1 saturated heterocycles. The monoisotopic (exact) mass is 437 g/mol. The van der Waals surface area contributed by atoms with Crippen LogP contribution in [0.4, 0.5) is 4.39 Å². The van der Waals surface area contributed by atoms with Gasteiger partial charge in [0.25, 0.3) is 5.91 Å². The first-order valence-electron chi connectivity index (χ1n) is 10.9. The van der Waals surface area contributed by atoms with Crippen molar-refractivity contribution in [1.29, 1.82) is 0 Å². The summed E-state index contributed by atoms with van der Waals surface area (Å²) >= 11 is 0. The molecule has 0 unspecified atom stereocenters. The van der Waals surface area contributed by atoms with Crippen LogP contribution in [0.5, 0.6) is 0 Å². The number of oxazole rings is 1. The Morgan fingerprint density at radius 3 is 2.72 bits per heavy atom. The molecular formula is C25H28FN3O3. The van der Waals surface area contributed by atoms with Crippen molar-refractivity contribution in [1.82, 2.24) is 15.2 Å². The Labute approximate surface area is 187 Å². The summed E-state index contributed by atoms with van der Waals surface area (Å²) in [6, 6.07) is 14.8. The van der Waals surface area contributed by atoms with E-state index in [0.717, 1.165) is 30.6 Å². The van der Waals surface area contributed by atoms with E-state index in [-0.39, 0.29) is 23.5 Å². The third-order valence-corrected chi connectivity index (χ3v) is 5.47. The lowest BCUT2D eigenvalue weighted by Crippen LogP contribution is -2.32. The van der Waals surface area contributed by atoms with Gasteiger partial charge < -0.3 is 14.5 Å². The number of ether oxygens (including phenoxy) is 1. The second kappa shape index (κ2) is 10.5. The van der Waals surface area contributed by atoms with Crippen molar-refractivity contribution in [2.24, 2.45) is 0 Å². The minimum atomic E-state index is -0.265. The average Bonchev–Trinajstić information content (AvgIpc) is 3.46. The highest BCUT2D eigenvalue weighted by molar-refractivity contribution is 5.91. The molecule has 0 radical (unpaired) electrons. The highest BCUT2D eigenvalue weighted by Gasteiger charge is 2.19. The van der Waals surface area contributed by atoms with Crippen LogP contribution in [0.25, 0.3) is 0 Å². The van der Waals surface area contributed by atoms with E-state index in [1.54, 1.807) is 12.1 Å². The highest BCUT2D eigenvalue weighted by atomic mass is 19.1. The molecule has 1 amide bonds. The normalized spacial score (nSPS) is 15.9. The maximum absolute atomic E-state index is 13.3. The van der Waals surface area contributed by atoms with Crippen molar-refractivity contribution in [2.75, 3.05) is 13.2 Å². The number of hydrogen-bond donors (Lipinski definition) is 1. The number of carbonyl (C=O) groups is 1. The molecule has 2 aromatic carbocycles. The van der Waals surface area contributed by atoms with E-state index in [4.69, 9.17) is 9.15 Å². The minimum Gasteiger partial charge on any atom is -0.447 e. The smallest absolute Gasteiger partial charge is 0.273 e. The van der Waals surface area contributed by atoms with E-state index in [1.807, 2.05) is 6.07 Å². The molecule has 7 heteroatoms. The number of aryl methyl sites for hydroxylation is 1. The molecular weight excluding hydrogens is 409 g/mol. The number of nitrogens with zero attached hydrogens (tertiary/aromatic N) is 2. The van der Waals surface area contributed by atoms with Crippen LogP contribution in [0.15, 0.2) is 59.2 Å². The van der Waals surface area contributed by atoms with Crippen LogP contribution in [0, 0.1) is 12.7 Å². The molecule has 3 aromatic rings. The van der Waals surface area contributed by atoms with Crippen molar-refractivity contribution in [3.8, 4) is 0 Å². The first kappa shape index (κ1) is 22.2. The van der Waals surface area contributed by atoms with Crippen molar-refractivity contribution >= 4 is 5.91 Å². The Kier molecular flexibility index (Phi) is 7.29. The molecule has 1 fully saturated rings. The molecule has 6 nitrogen and oxygen atoms in total. The van der Waals surface area contributed by atoms with Crippen molar-refractivity contribution in [2.45, 2.75) is 45.5 Å². The summed E-state index contributed by atoms with van der Waals surface area (Å²) in [7, 11) is 0. The van der Waals surface area contributed by atoms with Crippen LogP contribution in [-0.2, 0) is 24.4 Å². The number of benzene rings is 2. The Morgan fingerprint density at radius 1 is 1.16 bits per heavy atom. The molecule has 168 valence electrons. The molecule has 1 aliphatic rings. The third kappa shape index (κ3) is 6.24. The molecule has 0 aliphatic carbocycles. The third-order valence-electron chi connectivity index (χ3n) is 5.47. The SMILES string of the molecule is Cc1cccc(CN(Cc2ccc(F)cc2)Cc2nc(C(=O)NC[C@H]3CCCO3)co2)c1. The summed E-state index contributed by atoms with van der Waals surface area (Å²) in [5, 5.41) is 2.86. The van der Waals surface area contributed by atoms with Gasteiger partial charge in [-0.25, -0.2) is 9.37 Å². The quantitative estimate of drug-likeness (QED) is 0.543. The summed E-state index contributed by atoms with van der Waals surface area (Å²) in [6.07, 6.45) is 3.45. The van der Waals surface area contributed by atoms with Crippen molar-refractivity contribution in [3.63, 3.8) is 0 Å². The first-order valence-corrected chi connectivity index (χ1v) is 10.9. The minimum absolute atomic E-state index is 0.0749. The largest absolute Gasteiger partial charge is 0.447 e. The lowest BCUT2D eigenvalue weighted by Gasteiger charge is -2.21. The summed E-state index contributed by atoms with van der Waals surface area (Å²) in [5.41, 5.74) is 3.59. The molecule has 1 atom stereocenters. The standard InChI is InChI=1S/C25H28FN3O3/c1-18-4-2-5-20(12-18)15-29(14-19-7-9-21(26)10-8-19)16-24-28-23(17-32-24)25(30)27-13-22-6-3-11-31-22/h2,4-5,7-10,12,17,22H,3,6,11,13-16H2,1H3,(H,27,30)/t22-/m1/s1. The predicted octanol–water partition coefficient (Wildman–Crippen LogP) is 4.23. The highest BCUT2D eigenvalue weighted by Crippen LogP contribution is 2.16. The van der Waals surface area contributed by atoms with Crippen LogP contribution in [-0.4, -0.2) is 35.0 Å². The van der Waals surface area contributed by atoms with Gasteiger partial charge in [0.1, 0.15) is 12.1 Å². The van der Waals surface area contributed by atoms with Gasteiger partial charge in [0.05, 0.1) is 12.6 Å². The Morgan fingerprint density at radius 2 is 1.97 bits per heavy atom. The van der Waals surface area contributed by atoms with E-state index in [1.165, 1.54) is 24.0 Å². The van der Waals surface area contributed by atoms with Crippen LogP contribution < -0.4 is 5.32 Å². The lowest BCUT2D eigenvalue weighted by atomic mass is 10.1. The van der Waals surface area contributed by atoms with Crippen LogP contribution in [0.1, 0.15) is 45.9 Å². The zero-order chi connectivity index (χ0) is 22.3. The lowest BCUT2D eigenvalue weighted by molar-refractivity contribution is 0.0853.